The van der Waals surface area contributed by atoms with E-state index in [-0.39, 0.29) is 17.2 Å². The number of non-ortho nitro benzene ring substituents is 1. The van der Waals surface area contributed by atoms with Crippen LogP contribution in [0.4, 0.5) is 5.69 Å². The number of rotatable bonds is 4. The smallest absolute Gasteiger partial charge is 0.270 e. The van der Waals surface area contributed by atoms with Gasteiger partial charge in [0.2, 0.25) is 0 Å². The van der Waals surface area contributed by atoms with Gasteiger partial charge in [0.25, 0.3) is 11.6 Å². The van der Waals surface area contributed by atoms with Crippen molar-refractivity contribution in [2.75, 3.05) is 0 Å². The lowest BCUT2D eigenvalue weighted by Gasteiger charge is -2.04. The minimum Gasteiger partial charge on any atom is -0.347 e. The third kappa shape index (κ3) is 3.15. The number of benzene rings is 1. The predicted molar refractivity (Wildman–Crippen MR) is 67.6 cm³/mol. The van der Waals surface area contributed by atoms with Gasteiger partial charge in [-0.2, -0.15) is 0 Å². The molecule has 0 aliphatic carbocycles. The van der Waals surface area contributed by atoms with Gasteiger partial charge in [0.1, 0.15) is 0 Å². The highest BCUT2D eigenvalue weighted by atomic mass is 16.6. The van der Waals surface area contributed by atoms with Crippen LogP contribution in [0.3, 0.4) is 0 Å². The Morgan fingerprint density at radius 3 is 2.89 bits per heavy atom. The molecule has 0 aliphatic heterocycles. The SMILES string of the molecule is Cc1cc(C(=O)NCc2cnc[nH]2)cc([N+](=O)[O-])c1. The maximum absolute atomic E-state index is 11.9. The van der Waals surface area contributed by atoms with E-state index in [0.29, 0.717) is 12.1 Å². The quantitative estimate of drug-likeness (QED) is 0.643. The van der Waals surface area contributed by atoms with Crippen molar-refractivity contribution in [2.24, 2.45) is 0 Å². The number of nitro benzene ring substituents is 1. The summed E-state index contributed by atoms with van der Waals surface area (Å²) in [7, 11) is 0. The first-order valence-electron chi connectivity index (χ1n) is 5.58. The van der Waals surface area contributed by atoms with E-state index in [1.807, 2.05) is 0 Å². The van der Waals surface area contributed by atoms with Gasteiger partial charge in [0, 0.05) is 23.9 Å². The minimum atomic E-state index is -0.515. The fourth-order valence-corrected chi connectivity index (χ4v) is 1.66. The molecule has 1 aromatic carbocycles. The lowest BCUT2D eigenvalue weighted by atomic mass is 10.1. The summed E-state index contributed by atoms with van der Waals surface area (Å²) in [6.07, 6.45) is 3.11. The Labute approximate surface area is 108 Å². The zero-order valence-corrected chi connectivity index (χ0v) is 10.2. The molecule has 7 nitrogen and oxygen atoms in total. The van der Waals surface area contributed by atoms with Gasteiger partial charge in [0.05, 0.1) is 23.5 Å². The van der Waals surface area contributed by atoms with Crippen molar-refractivity contribution in [1.82, 2.24) is 15.3 Å². The largest absolute Gasteiger partial charge is 0.347 e. The average molecular weight is 260 g/mol. The number of imidazole rings is 1. The number of carbonyl (C=O) groups excluding carboxylic acids is 1. The number of nitro groups is 1. The lowest BCUT2D eigenvalue weighted by Crippen LogP contribution is -2.23. The molecule has 0 fully saturated rings. The van der Waals surface area contributed by atoms with E-state index in [9.17, 15) is 14.9 Å². The zero-order chi connectivity index (χ0) is 13.8. The van der Waals surface area contributed by atoms with Crippen molar-refractivity contribution >= 4 is 11.6 Å². The van der Waals surface area contributed by atoms with Gasteiger partial charge >= 0.3 is 0 Å². The van der Waals surface area contributed by atoms with E-state index in [2.05, 4.69) is 15.3 Å². The first-order chi connectivity index (χ1) is 9.06. The number of H-pyrrole nitrogens is 1. The highest BCUT2D eigenvalue weighted by Crippen LogP contribution is 2.16. The fourth-order valence-electron chi connectivity index (χ4n) is 1.66. The summed E-state index contributed by atoms with van der Waals surface area (Å²) in [5.74, 6) is -0.360. The molecule has 0 aliphatic rings. The highest BCUT2D eigenvalue weighted by Gasteiger charge is 2.13. The minimum absolute atomic E-state index is 0.0910. The predicted octanol–water partition coefficient (Wildman–Crippen LogP) is 1.56. The Morgan fingerprint density at radius 2 is 2.26 bits per heavy atom. The third-order valence-electron chi connectivity index (χ3n) is 2.53. The Morgan fingerprint density at radius 1 is 1.47 bits per heavy atom. The van der Waals surface area contributed by atoms with Crippen LogP contribution >= 0.6 is 0 Å². The number of aryl methyl sites for hydroxylation is 1. The number of carbonyl (C=O) groups is 1. The zero-order valence-electron chi connectivity index (χ0n) is 10.2. The van der Waals surface area contributed by atoms with Gasteiger partial charge in [0.15, 0.2) is 0 Å². The lowest BCUT2D eigenvalue weighted by molar-refractivity contribution is -0.384. The first kappa shape index (κ1) is 12.7. The summed E-state index contributed by atoms with van der Waals surface area (Å²) in [4.78, 5) is 28.8. The number of amides is 1. The van der Waals surface area contributed by atoms with Gasteiger partial charge < -0.3 is 10.3 Å². The molecule has 0 bridgehead atoms. The number of aromatic nitrogens is 2. The van der Waals surface area contributed by atoms with Crippen LogP contribution < -0.4 is 5.32 Å². The topological polar surface area (TPSA) is 101 Å². The van der Waals surface area contributed by atoms with Crippen molar-refractivity contribution < 1.29 is 9.72 Å². The summed E-state index contributed by atoms with van der Waals surface area (Å²) in [5, 5.41) is 13.4. The van der Waals surface area contributed by atoms with Crippen LogP contribution in [0.25, 0.3) is 0 Å². The van der Waals surface area contributed by atoms with Gasteiger partial charge in [-0.05, 0) is 18.6 Å². The molecule has 7 heteroatoms. The van der Waals surface area contributed by atoms with E-state index >= 15 is 0 Å². The molecule has 0 saturated carbocycles. The van der Waals surface area contributed by atoms with Gasteiger partial charge in [-0.1, -0.05) is 0 Å². The van der Waals surface area contributed by atoms with Gasteiger partial charge in [-0.3, -0.25) is 14.9 Å². The Balaban J connectivity index is 2.12. The van der Waals surface area contributed by atoms with Crippen LogP contribution in [-0.2, 0) is 6.54 Å². The molecule has 0 saturated heterocycles. The summed E-state index contributed by atoms with van der Waals surface area (Å²) < 4.78 is 0. The first-order valence-corrected chi connectivity index (χ1v) is 5.58. The summed E-state index contributed by atoms with van der Waals surface area (Å²) >= 11 is 0. The van der Waals surface area contributed by atoms with Crippen molar-refractivity contribution in [3.8, 4) is 0 Å². The van der Waals surface area contributed by atoms with E-state index in [1.54, 1.807) is 19.2 Å². The number of nitrogens with one attached hydrogen (secondary N) is 2. The molecule has 2 aromatic rings. The maximum atomic E-state index is 11.9. The van der Waals surface area contributed by atoms with Crippen LogP contribution in [0.2, 0.25) is 0 Å². The summed E-state index contributed by atoms with van der Waals surface area (Å²) in [5.41, 5.74) is 1.61. The maximum Gasteiger partial charge on any atom is 0.270 e. The second kappa shape index (κ2) is 5.30. The second-order valence-corrected chi connectivity index (χ2v) is 4.07. The number of nitrogens with zero attached hydrogens (tertiary/aromatic N) is 2. The van der Waals surface area contributed by atoms with Crippen LogP contribution in [0.1, 0.15) is 21.6 Å². The van der Waals surface area contributed by atoms with Crippen molar-refractivity contribution in [3.63, 3.8) is 0 Å². The number of hydrogen-bond acceptors (Lipinski definition) is 4. The molecule has 0 atom stereocenters. The van der Waals surface area contributed by atoms with E-state index in [0.717, 1.165) is 5.69 Å². The second-order valence-electron chi connectivity index (χ2n) is 4.07. The molecule has 19 heavy (non-hydrogen) atoms. The molecule has 2 rings (SSSR count). The fraction of sp³-hybridized carbons (Fsp3) is 0.167. The number of hydrogen-bond donors (Lipinski definition) is 2. The Hall–Kier alpha value is -2.70. The molecule has 1 heterocycles. The van der Waals surface area contributed by atoms with Gasteiger partial charge in [-0.25, -0.2) is 4.98 Å². The van der Waals surface area contributed by atoms with Crippen LogP contribution in [0, 0.1) is 17.0 Å². The molecule has 98 valence electrons. The van der Waals surface area contributed by atoms with E-state index < -0.39 is 4.92 Å². The molecule has 0 unspecified atom stereocenters. The molecule has 1 amide bonds. The molecular weight excluding hydrogens is 248 g/mol. The normalized spacial score (nSPS) is 10.2. The average Bonchev–Trinajstić information content (AvgIpc) is 2.88. The Bertz CT molecular complexity index is 607. The molecule has 1 aromatic heterocycles. The molecular formula is C12H12N4O3. The summed E-state index contributed by atoms with van der Waals surface area (Å²) in [6.45, 7) is 2.00. The third-order valence-corrected chi connectivity index (χ3v) is 2.53. The van der Waals surface area contributed by atoms with Gasteiger partial charge in [-0.15, -0.1) is 0 Å². The summed E-state index contributed by atoms with van der Waals surface area (Å²) in [6, 6.07) is 4.29. The van der Waals surface area contributed by atoms with E-state index in [4.69, 9.17) is 0 Å². The van der Waals surface area contributed by atoms with Crippen molar-refractivity contribution in [1.29, 1.82) is 0 Å². The van der Waals surface area contributed by atoms with Crippen LogP contribution in [0.15, 0.2) is 30.7 Å². The van der Waals surface area contributed by atoms with E-state index in [1.165, 1.54) is 18.5 Å². The molecule has 2 N–H and O–H groups in total. The van der Waals surface area contributed by atoms with Crippen LogP contribution in [-0.4, -0.2) is 20.8 Å². The van der Waals surface area contributed by atoms with Crippen molar-refractivity contribution in [2.45, 2.75) is 13.5 Å². The molecule has 0 radical (unpaired) electrons. The van der Waals surface area contributed by atoms with Crippen molar-refractivity contribution in [3.05, 3.63) is 57.7 Å². The highest BCUT2D eigenvalue weighted by molar-refractivity contribution is 5.95. The monoisotopic (exact) mass is 260 g/mol. The standard InChI is InChI=1S/C12H12N4O3/c1-8-2-9(4-11(3-8)16(18)19)12(17)14-6-10-5-13-7-15-10/h2-5,7H,6H2,1H3,(H,13,15)(H,14,17). The number of aromatic amines is 1. The van der Waals surface area contributed by atoms with Crippen LogP contribution in [0.5, 0.6) is 0 Å². The molecule has 0 spiro atoms. The Kier molecular flexibility index (Phi) is 3.56.